The summed E-state index contributed by atoms with van der Waals surface area (Å²) in [5.41, 5.74) is 2.52. The molecule has 0 spiro atoms. The minimum absolute atomic E-state index is 0.144. The normalized spacial score (nSPS) is 12.2. The minimum atomic E-state index is -0.567. The van der Waals surface area contributed by atoms with Crippen molar-refractivity contribution in [3.8, 4) is 5.75 Å². The lowest BCUT2D eigenvalue weighted by atomic mass is 10.1. The van der Waals surface area contributed by atoms with Crippen molar-refractivity contribution in [2.75, 3.05) is 13.2 Å². The quantitative estimate of drug-likeness (QED) is 0.568. The van der Waals surface area contributed by atoms with Crippen LogP contribution in [0, 0.1) is 13.8 Å². The minimum Gasteiger partial charge on any atom is -0.484 e. The first-order valence-corrected chi connectivity index (χ1v) is 11.4. The van der Waals surface area contributed by atoms with Crippen molar-refractivity contribution in [3.63, 3.8) is 0 Å². The molecular weight excluding hydrogens is 424 g/mol. The number of carbonyl (C=O) groups is 2. The largest absolute Gasteiger partial charge is 0.484 e. The molecule has 0 saturated heterocycles. The van der Waals surface area contributed by atoms with Crippen molar-refractivity contribution in [3.05, 3.63) is 64.2 Å². The molecule has 0 heterocycles. The predicted octanol–water partition coefficient (Wildman–Crippen LogP) is 5.10. The van der Waals surface area contributed by atoms with Gasteiger partial charge in [0.25, 0.3) is 5.91 Å². The summed E-state index contributed by atoms with van der Waals surface area (Å²) in [6.07, 6.45) is 1.17. The predicted molar refractivity (Wildman–Crippen MR) is 130 cm³/mol. The number of rotatable bonds is 9. The van der Waals surface area contributed by atoms with Crippen LogP contribution >= 0.6 is 11.6 Å². The number of nitrogens with zero attached hydrogens (tertiary/aromatic N) is 1. The zero-order valence-electron chi connectivity index (χ0n) is 20.0. The van der Waals surface area contributed by atoms with Crippen LogP contribution in [-0.4, -0.2) is 41.4 Å². The van der Waals surface area contributed by atoms with Gasteiger partial charge in [0.05, 0.1) is 0 Å². The SMILES string of the molecule is CCC(C(=O)NC(C)(C)C)N(CCc1ccccc1)C(=O)COc1cc(C)c(Cl)c(C)c1. The van der Waals surface area contributed by atoms with E-state index in [1.165, 1.54) is 0 Å². The van der Waals surface area contributed by atoms with E-state index in [1.54, 1.807) is 4.90 Å². The standard InChI is InChI=1S/C26H35ClN2O3/c1-7-22(25(31)28-26(4,5)6)29(14-13-20-11-9-8-10-12-20)23(30)17-32-21-15-18(2)24(27)19(3)16-21/h8-12,15-16,22H,7,13-14,17H2,1-6H3,(H,28,31). The van der Waals surface area contributed by atoms with Crippen molar-refractivity contribution < 1.29 is 14.3 Å². The molecule has 174 valence electrons. The van der Waals surface area contributed by atoms with E-state index in [0.29, 0.717) is 30.2 Å². The highest BCUT2D eigenvalue weighted by Gasteiger charge is 2.30. The van der Waals surface area contributed by atoms with Crippen molar-refractivity contribution in [1.82, 2.24) is 10.2 Å². The zero-order chi connectivity index (χ0) is 23.9. The van der Waals surface area contributed by atoms with Gasteiger partial charge in [-0.1, -0.05) is 48.9 Å². The Kier molecular flexibility index (Phi) is 9.14. The summed E-state index contributed by atoms with van der Waals surface area (Å²) in [6, 6.07) is 13.0. The topological polar surface area (TPSA) is 58.6 Å². The highest BCUT2D eigenvalue weighted by Crippen LogP contribution is 2.26. The monoisotopic (exact) mass is 458 g/mol. The molecular formula is C26H35ClN2O3. The second-order valence-electron chi connectivity index (χ2n) is 9.15. The molecule has 0 aliphatic rings. The Hall–Kier alpha value is -2.53. The van der Waals surface area contributed by atoms with Crippen LogP contribution in [0.15, 0.2) is 42.5 Å². The first-order chi connectivity index (χ1) is 15.0. The molecule has 6 heteroatoms. The van der Waals surface area contributed by atoms with Gasteiger partial charge >= 0.3 is 0 Å². The lowest BCUT2D eigenvalue weighted by Gasteiger charge is -2.33. The summed E-state index contributed by atoms with van der Waals surface area (Å²) >= 11 is 6.24. The number of nitrogens with one attached hydrogen (secondary N) is 1. The van der Waals surface area contributed by atoms with E-state index in [4.69, 9.17) is 16.3 Å². The van der Waals surface area contributed by atoms with Crippen molar-refractivity contribution >= 4 is 23.4 Å². The summed E-state index contributed by atoms with van der Waals surface area (Å²) in [5, 5.41) is 3.70. The lowest BCUT2D eigenvalue weighted by molar-refractivity contribution is -0.142. The van der Waals surface area contributed by atoms with Crippen molar-refractivity contribution in [1.29, 1.82) is 0 Å². The molecule has 2 aromatic carbocycles. The third-order valence-corrected chi connectivity index (χ3v) is 5.74. The van der Waals surface area contributed by atoms with E-state index in [9.17, 15) is 9.59 Å². The first-order valence-electron chi connectivity index (χ1n) is 11.1. The smallest absolute Gasteiger partial charge is 0.261 e. The Morgan fingerprint density at radius 1 is 1.09 bits per heavy atom. The van der Waals surface area contributed by atoms with Gasteiger partial charge < -0.3 is 15.0 Å². The van der Waals surface area contributed by atoms with Gasteiger partial charge in [0.1, 0.15) is 11.8 Å². The van der Waals surface area contributed by atoms with E-state index < -0.39 is 6.04 Å². The van der Waals surface area contributed by atoms with Gasteiger partial charge in [-0.3, -0.25) is 9.59 Å². The van der Waals surface area contributed by atoms with Gasteiger partial charge in [0, 0.05) is 17.1 Å². The molecule has 32 heavy (non-hydrogen) atoms. The van der Waals surface area contributed by atoms with Crippen LogP contribution in [0.25, 0.3) is 0 Å². The third kappa shape index (κ3) is 7.56. The van der Waals surface area contributed by atoms with Crippen LogP contribution in [0.3, 0.4) is 0 Å². The third-order valence-electron chi connectivity index (χ3n) is 5.14. The maximum Gasteiger partial charge on any atom is 0.261 e. The molecule has 1 atom stereocenters. The number of benzene rings is 2. The molecule has 2 amide bonds. The van der Waals surface area contributed by atoms with Crippen LogP contribution in [0.4, 0.5) is 0 Å². The summed E-state index contributed by atoms with van der Waals surface area (Å²) in [6.45, 7) is 11.8. The molecule has 2 rings (SSSR count). The van der Waals surface area contributed by atoms with Gasteiger partial charge in [-0.2, -0.15) is 0 Å². The number of hydrogen-bond acceptors (Lipinski definition) is 3. The fourth-order valence-corrected chi connectivity index (χ4v) is 3.68. The second-order valence-corrected chi connectivity index (χ2v) is 9.52. The van der Waals surface area contributed by atoms with E-state index in [-0.39, 0.29) is 24.0 Å². The van der Waals surface area contributed by atoms with E-state index in [0.717, 1.165) is 16.7 Å². The molecule has 0 bridgehead atoms. The van der Waals surface area contributed by atoms with Gasteiger partial charge in [0.15, 0.2) is 6.61 Å². The number of halogens is 1. The van der Waals surface area contributed by atoms with Crippen LogP contribution in [0.5, 0.6) is 5.75 Å². The van der Waals surface area contributed by atoms with Crippen LogP contribution in [-0.2, 0) is 16.0 Å². The fraction of sp³-hybridized carbons (Fsp3) is 0.462. The Labute approximate surface area is 197 Å². The molecule has 1 N–H and O–H groups in total. The number of carbonyl (C=O) groups excluding carboxylic acids is 2. The summed E-state index contributed by atoms with van der Waals surface area (Å²) < 4.78 is 5.81. The summed E-state index contributed by atoms with van der Waals surface area (Å²) in [4.78, 5) is 27.9. The molecule has 0 fully saturated rings. The van der Waals surface area contributed by atoms with Crippen molar-refractivity contribution in [2.24, 2.45) is 0 Å². The maximum absolute atomic E-state index is 13.2. The molecule has 0 aromatic heterocycles. The molecule has 0 radical (unpaired) electrons. The summed E-state index contributed by atoms with van der Waals surface area (Å²) in [5.74, 6) is 0.217. The number of ether oxygens (including phenoxy) is 1. The number of aryl methyl sites for hydroxylation is 2. The maximum atomic E-state index is 13.2. The van der Waals surface area contributed by atoms with Crippen LogP contribution in [0.1, 0.15) is 50.8 Å². The average molecular weight is 459 g/mol. The molecule has 0 saturated carbocycles. The Balaban J connectivity index is 2.19. The van der Waals surface area contributed by atoms with Gasteiger partial charge in [0.2, 0.25) is 5.91 Å². The highest BCUT2D eigenvalue weighted by atomic mass is 35.5. The Morgan fingerprint density at radius 2 is 1.69 bits per heavy atom. The van der Waals surface area contributed by atoms with Crippen LogP contribution < -0.4 is 10.1 Å². The molecule has 1 unspecified atom stereocenters. The number of amides is 2. The van der Waals surface area contributed by atoms with Gasteiger partial charge in [-0.25, -0.2) is 0 Å². The molecule has 0 aliphatic heterocycles. The van der Waals surface area contributed by atoms with E-state index in [1.807, 2.05) is 84.0 Å². The fourth-order valence-electron chi connectivity index (χ4n) is 3.57. The highest BCUT2D eigenvalue weighted by molar-refractivity contribution is 6.32. The Bertz CT molecular complexity index is 899. The molecule has 5 nitrogen and oxygen atoms in total. The molecule has 2 aromatic rings. The number of hydrogen-bond donors (Lipinski definition) is 1. The van der Waals surface area contributed by atoms with Gasteiger partial charge in [-0.05, 0) is 76.3 Å². The zero-order valence-corrected chi connectivity index (χ0v) is 20.8. The average Bonchev–Trinajstić information content (AvgIpc) is 2.72. The Morgan fingerprint density at radius 3 is 2.22 bits per heavy atom. The van der Waals surface area contributed by atoms with E-state index in [2.05, 4.69) is 5.32 Å². The van der Waals surface area contributed by atoms with Crippen molar-refractivity contribution in [2.45, 2.75) is 66.0 Å². The first kappa shape index (κ1) is 25.7. The lowest BCUT2D eigenvalue weighted by Crippen LogP contribution is -2.54. The van der Waals surface area contributed by atoms with Gasteiger partial charge in [-0.15, -0.1) is 0 Å². The van der Waals surface area contributed by atoms with E-state index >= 15 is 0 Å². The summed E-state index contributed by atoms with van der Waals surface area (Å²) in [7, 11) is 0. The molecule has 0 aliphatic carbocycles. The van der Waals surface area contributed by atoms with Crippen LogP contribution in [0.2, 0.25) is 5.02 Å². The second kappa shape index (κ2) is 11.4.